The molecule has 0 amide bonds. The smallest absolute Gasteiger partial charge is 0.237 e. The van der Waals surface area contributed by atoms with Crippen LogP contribution in [0, 0.1) is 11.2 Å². The Morgan fingerprint density at radius 2 is 1.89 bits per heavy atom. The summed E-state index contributed by atoms with van der Waals surface area (Å²) in [5, 5.41) is 7.35. The van der Waals surface area contributed by atoms with Gasteiger partial charge in [-0.15, -0.1) is 11.3 Å². The highest BCUT2D eigenvalue weighted by Crippen LogP contribution is 2.35. The van der Waals surface area contributed by atoms with Gasteiger partial charge < -0.3 is 0 Å². The number of pyridine rings is 2. The lowest BCUT2D eigenvalue weighted by molar-refractivity contribution is 0.0778. The number of nitrogens with zero attached hydrogens (tertiary/aromatic N) is 5. The van der Waals surface area contributed by atoms with Crippen LogP contribution in [0.2, 0.25) is 0 Å². The van der Waals surface area contributed by atoms with Crippen LogP contribution in [-0.4, -0.2) is 40.6 Å². The molecule has 0 atom stereocenters. The maximum absolute atomic E-state index is 16.1. The molecule has 6 heterocycles. The molecule has 7 rings (SSSR count). The Morgan fingerprint density at radius 3 is 2.73 bits per heavy atom. The number of imidazole rings is 1. The zero-order valence-corrected chi connectivity index (χ0v) is 20.9. The van der Waals surface area contributed by atoms with E-state index in [0.717, 1.165) is 14.9 Å². The van der Waals surface area contributed by atoms with Gasteiger partial charge in [-0.2, -0.15) is 0 Å². The summed E-state index contributed by atoms with van der Waals surface area (Å²) in [5.41, 5.74) is 3.01. The summed E-state index contributed by atoms with van der Waals surface area (Å²) in [6.07, 6.45) is 4.73. The van der Waals surface area contributed by atoms with Gasteiger partial charge in [0.1, 0.15) is 16.0 Å². The first-order valence-corrected chi connectivity index (χ1v) is 12.5. The van der Waals surface area contributed by atoms with Crippen LogP contribution in [0.3, 0.4) is 0 Å². The largest absolute Gasteiger partial charge is 0.298 e. The highest BCUT2D eigenvalue weighted by Gasteiger charge is 2.25. The van der Waals surface area contributed by atoms with Crippen molar-refractivity contribution in [1.82, 2.24) is 34.7 Å². The molecule has 4 aromatic heterocycles. The summed E-state index contributed by atoms with van der Waals surface area (Å²) in [4.78, 5) is 32.7. The van der Waals surface area contributed by atoms with Gasteiger partial charge in [-0.25, -0.2) is 14.4 Å². The predicted molar refractivity (Wildman–Crippen MR) is 144 cm³/mol. The predicted octanol–water partition coefficient (Wildman–Crippen LogP) is 6.61. The van der Waals surface area contributed by atoms with E-state index >= 15 is 4.39 Å². The molecule has 0 fully saturated rings. The van der Waals surface area contributed by atoms with Crippen molar-refractivity contribution >= 4 is 70.8 Å². The zero-order chi connectivity index (χ0) is 25.5. The fourth-order valence-corrected chi connectivity index (χ4v) is 5.69. The third kappa shape index (κ3) is 3.22. The zero-order valence-electron chi connectivity index (χ0n) is 20.1. The monoisotopic (exact) mass is 509 g/mol. The molecular formula is C27H20FN7OS. The van der Waals surface area contributed by atoms with Crippen molar-refractivity contribution in [3.63, 3.8) is 0 Å². The van der Waals surface area contributed by atoms with Gasteiger partial charge in [-0.3, -0.25) is 29.5 Å². The van der Waals surface area contributed by atoms with Gasteiger partial charge in [0.2, 0.25) is 5.91 Å². The maximum Gasteiger partial charge on any atom is 0.237 e. The number of rotatable bonds is 0. The van der Waals surface area contributed by atoms with Gasteiger partial charge in [0, 0.05) is 27.1 Å². The molecule has 2 N–H and O–H groups in total. The number of H-pyrrole nitrogens is 2. The van der Waals surface area contributed by atoms with Gasteiger partial charge >= 0.3 is 0 Å². The van der Waals surface area contributed by atoms with Gasteiger partial charge in [-0.1, -0.05) is 32.9 Å². The quantitative estimate of drug-likeness (QED) is 0.239. The first kappa shape index (κ1) is 21.8. The molecule has 10 heteroatoms. The summed E-state index contributed by atoms with van der Waals surface area (Å²) in [7, 11) is 0. The van der Waals surface area contributed by atoms with Crippen LogP contribution in [0.4, 0.5) is 4.39 Å². The molecule has 182 valence electrons. The first-order valence-electron chi connectivity index (χ1n) is 11.7. The van der Waals surface area contributed by atoms with E-state index in [-0.39, 0.29) is 11.4 Å². The summed E-state index contributed by atoms with van der Waals surface area (Å²) < 4.78 is 18.7. The number of hydrogen-bond acceptors (Lipinski definition) is 6. The molecule has 37 heavy (non-hydrogen) atoms. The third-order valence-electron chi connectivity index (χ3n) is 6.45. The molecule has 1 aromatic carbocycles. The Hall–Kier alpha value is -4.44. The number of aromatic amines is 2. The molecule has 0 radical (unpaired) electrons. The standard InChI is InChI=1S/C27H20FN7OS/c1-27(2,3)26(36)35-14-9-13(10-29-11-14)22-21(28)20-17(12-30-22)33-34-24(20)25-31-16-6-4-5-15(23(16)32-25)18-7-8-19(35)37-18/h4-12,33-34H,1-3H3. The highest BCUT2D eigenvalue weighted by atomic mass is 32.1. The van der Waals surface area contributed by atoms with Crippen LogP contribution >= 0.6 is 11.3 Å². The van der Waals surface area contributed by atoms with Crippen molar-refractivity contribution in [3.05, 3.63) is 60.8 Å². The number of thiophene rings is 1. The lowest BCUT2D eigenvalue weighted by Crippen LogP contribution is -2.26. The third-order valence-corrected chi connectivity index (χ3v) is 7.56. The van der Waals surface area contributed by atoms with Crippen molar-refractivity contribution in [2.75, 3.05) is 0 Å². The number of aromatic nitrogens is 7. The molecule has 0 spiro atoms. The average molecular weight is 510 g/mol. The van der Waals surface area contributed by atoms with Crippen LogP contribution in [-0.2, 0) is 0 Å². The van der Waals surface area contributed by atoms with Crippen LogP contribution in [0.1, 0.15) is 25.6 Å². The first-order chi connectivity index (χ1) is 17.8. The van der Waals surface area contributed by atoms with E-state index < -0.39 is 11.2 Å². The Labute approximate surface area is 212 Å². The second kappa shape index (κ2) is 7.53. The number of halogens is 1. The Morgan fingerprint density at radius 1 is 1.03 bits per heavy atom. The lowest BCUT2D eigenvalue weighted by Gasteiger charge is -2.19. The molecule has 8 bridgehead atoms. The number of carbonyl (C=O) groups is 1. The number of para-hydroxylation sites is 1. The van der Waals surface area contributed by atoms with E-state index in [1.54, 1.807) is 29.2 Å². The van der Waals surface area contributed by atoms with Crippen LogP contribution in [0.15, 0.2) is 55.0 Å². The van der Waals surface area contributed by atoms with E-state index in [1.807, 2.05) is 51.1 Å². The molecule has 8 nitrogen and oxygen atoms in total. The second-order valence-corrected chi connectivity index (χ2v) is 11.1. The van der Waals surface area contributed by atoms with E-state index in [4.69, 9.17) is 9.97 Å². The van der Waals surface area contributed by atoms with Gasteiger partial charge in [0.15, 0.2) is 11.5 Å². The van der Waals surface area contributed by atoms with E-state index in [2.05, 4.69) is 20.2 Å². The van der Waals surface area contributed by atoms with Crippen molar-refractivity contribution in [3.8, 4) is 11.3 Å². The van der Waals surface area contributed by atoms with E-state index in [1.165, 1.54) is 11.3 Å². The number of hydrogen-bond donors (Lipinski definition) is 2. The molecule has 2 aliphatic heterocycles. The normalized spacial score (nSPS) is 12.4. The van der Waals surface area contributed by atoms with Crippen molar-refractivity contribution in [2.45, 2.75) is 20.8 Å². The minimum Gasteiger partial charge on any atom is -0.298 e. The molecule has 2 aliphatic rings. The Balaban J connectivity index is 1.76. The van der Waals surface area contributed by atoms with Crippen LogP contribution in [0.5, 0.6) is 0 Å². The summed E-state index contributed by atoms with van der Waals surface area (Å²) in [6.45, 7) is 5.62. The topological polar surface area (TPSA) is 105 Å². The average Bonchev–Trinajstić information content (AvgIpc) is 3.61. The number of benzene rings is 1. The fraction of sp³-hybridized carbons (Fsp3) is 0.148. The number of fused-ring (bicyclic) bond motifs is 9. The summed E-state index contributed by atoms with van der Waals surface area (Å²) >= 11 is 1.48. The summed E-state index contributed by atoms with van der Waals surface area (Å²) in [5.74, 6) is -0.636. The number of carbonyl (C=O) groups excluding carboxylic acids is 1. The molecular weight excluding hydrogens is 489 g/mol. The van der Waals surface area contributed by atoms with Crippen LogP contribution in [0.25, 0.3) is 64.8 Å². The van der Waals surface area contributed by atoms with E-state index in [0.29, 0.717) is 44.4 Å². The second-order valence-electron chi connectivity index (χ2n) is 10.0. The Bertz CT molecular complexity index is 2070. The van der Waals surface area contributed by atoms with E-state index in [9.17, 15) is 4.79 Å². The fourth-order valence-electron chi connectivity index (χ4n) is 4.63. The lowest BCUT2D eigenvalue weighted by atomic mass is 9.95. The minimum absolute atomic E-state index is 0.107. The van der Waals surface area contributed by atoms with Crippen LogP contribution < -0.4 is 0 Å². The van der Waals surface area contributed by atoms with Gasteiger partial charge in [0.05, 0.1) is 40.0 Å². The van der Waals surface area contributed by atoms with Crippen molar-refractivity contribution < 1.29 is 9.18 Å². The number of nitrogens with one attached hydrogen (secondary N) is 2. The molecule has 0 saturated heterocycles. The summed E-state index contributed by atoms with van der Waals surface area (Å²) in [6, 6.07) is 11.4. The van der Waals surface area contributed by atoms with Gasteiger partial charge in [-0.05, 0) is 24.3 Å². The molecule has 5 aromatic rings. The minimum atomic E-state index is -0.673. The Kier molecular flexibility index (Phi) is 4.44. The van der Waals surface area contributed by atoms with Gasteiger partial charge in [0.25, 0.3) is 0 Å². The van der Waals surface area contributed by atoms with Crippen molar-refractivity contribution in [2.24, 2.45) is 5.41 Å². The molecule has 0 unspecified atom stereocenters. The molecule has 0 saturated carbocycles. The van der Waals surface area contributed by atoms with Crippen molar-refractivity contribution in [1.29, 1.82) is 0 Å². The molecule has 0 aliphatic carbocycles. The SMILES string of the molecule is CC(C)(C)C(=O)n1c2cncc(c2)c2ncc3[nH][nH]c(c4nc5cccc(c6ccc1s6)c5n4)-c3c2F. The highest BCUT2D eigenvalue weighted by molar-refractivity contribution is 7.24. The maximum atomic E-state index is 16.1.